The van der Waals surface area contributed by atoms with Gasteiger partial charge >= 0.3 is 0 Å². The number of aromatic amines is 1. The summed E-state index contributed by atoms with van der Waals surface area (Å²) in [6.07, 6.45) is 1.07. The van der Waals surface area contributed by atoms with Gasteiger partial charge in [-0.15, -0.1) is 0 Å². The van der Waals surface area contributed by atoms with Crippen LogP contribution in [0.2, 0.25) is 10.0 Å². The minimum absolute atomic E-state index is 0.151. The van der Waals surface area contributed by atoms with E-state index in [1.165, 1.54) is 0 Å². The Morgan fingerprint density at radius 3 is 2.50 bits per heavy atom. The molecule has 0 saturated heterocycles. The van der Waals surface area contributed by atoms with Gasteiger partial charge in [-0.05, 0) is 24.6 Å². The van der Waals surface area contributed by atoms with Crippen LogP contribution in [0.4, 0.5) is 5.69 Å². The van der Waals surface area contributed by atoms with Crippen molar-refractivity contribution in [3.8, 4) is 0 Å². The molecule has 0 fully saturated rings. The van der Waals surface area contributed by atoms with Gasteiger partial charge in [-0.3, -0.25) is 9.52 Å². The zero-order valence-electron chi connectivity index (χ0n) is 10.3. The SMILES string of the molecule is Cc1cccc(Cl)c1NS(=O)(=O)c1c[nH]c(=O)c(Cl)c1. The monoisotopic (exact) mass is 332 g/mol. The van der Waals surface area contributed by atoms with Crippen LogP contribution in [0.5, 0.6) is 0 Å². The van der Waals surface area contributed by atoms with Crippen LogP contribution in [-0.2, 0) is 10.0 Å². The Labute approximate surface area is 125 Å². The van der Waals surface area contributed by atoms with Gasteiger partial charge in [-0.25, -0.2) is 8.42 Å². The highest BCUT2D eigenvalue weighted by Gasteiger charge is 2.18. The van der Waals surface area contributed by atoms with E-state index in [1.54, 1.807) is 25.1 Å². The average molecular weight is 333 g/mol. The summed E-state index contributed by atoms with van der Waals surface area (Å²) in [5, 5.41) is 0.0767. The number of rotatable bonds is 3. The predicted octanol–water partition coefficient (Wildman–Crippen LogP) is 2.79. The van der Waals surface area contributed by atoms with Crippen molar-refractivity contribution in [3.63, 3.8) is 0 Å². The standard InChI is InChI=1S/C12H10Cl2N2O3S/c1-7-3-2-4-9(13)11(7)16-20(18,19)8-5-10(14)12(17)15-6-8/h2-6,16H,1H3,(H,15,17). The molecule has 0 aliphatic rings. The van der Waals surface area contributed by atoms with Crippen molar-refractivity contribution in [2.75, 3.05) is 4.72 Å². The van der Waals surface area contributed by atoms with Crippen LogP contribution in [0.1, 0.15) is 5.56 Å². The Balaban J connectivity index is 2.46. The Hall–Kier alpha value is -1.50. The first kappa shape index (κ1) is 14.9. The van der Waals surface area contributed by atoms with Gasteiger partial charge in [0.05, 0.1) is 10.7 Å². The minimum atomic E-state index is -3.89. The molecule has 0 aliphatic carbocycles. The lowest BCUT2D eigenvalue weighted by atomic mass is 10.2. The Bertz CT molecular complexity index is 795. The van der Waals surface area contributed by atoms with Crippen molar-refractivity contribution in [1.29, 1.82) is 0 Å². The molecule has 0 saturated carbocycles. The molecule has 0 unspecified atom stereocenters. The van der Waals surface area contributed by atoms with Gasteiger partial charge in [0.15, 0.2) is 0 Å². The third kappa shape index (κ3) is 2.98. The van der Waals surface area contributed by atoms with E-state index >= 15 is 0 Å². The quantitative estimate of drug-likeness (QED) is 0.906. The number of benzene rings is 1. The van der Waals surface area contributed by atoms with E-state index in [2.05, 4.69) is 9.71 Å². The van der Waals surface area contributed by atoms with E-state index in [0.29, 0.717) is 5.56 Å². The molecular formula is C12H10Cl2N2O3S. The van der Waals surface area contributed by atoms with Crippen molar-refractivity contribution in [2.24, 2.45) is 0 Å². The molecule has 1 aromatic carbocycles. The van der Waals surface area contributed by atoms with Crippen molar-refractivity contribution >= 4 is 38.9 Å². The second-order valence-electron chi connectivity index (χ2n) is 4.05. The fourth-order valence-electron chi connectivity index (χ4n) is 1.55. The van der Waals surface area contributed by atoms with Crippen LogP contribution in [0, 0.1) is 6.92 Å². The number of para-hydroxylation sites is 1. The maximum Gasteiger partial charge on any atom is 0.266 e. The number of anilines is 1. The molecule has 0 bridgehead atoms. The van der Waals surface area contributed by atoms with Gasteiger partial charge in [0.25, 0.3) is 15.6 Å². The molecule has 106 valence electrons. The summed E-state index contributed by atoms with van der Waals surface area (Å²) in [6.45, 7) is 1.73. The summed E-state index contributed by atoms with van der Waals surface area (Å²) in [6, 6.07) is 6.09. The summed E-state index contributed by atoms with van der Waals surface area (Å²) >= 11 is 11.6. The third-order valence-corrected chi connectivity index (χ3v) is 4.52. The Morgan fingerprint density at radius 2 is 1.90 bits per heavy atom. The number of aromatic nitrogens is 1. The van der Waals surface area contributed by atoms with Gasteiger partial charge in [-0.1, -0.05) is 35.3 Å². The number of pyridine rings is 1. The van der Waals surface area contributed by atoms with E-state index in [4.69, 9.17) is 23.2 Å². The maximum atomic E-state index is 12.2. The fourth-order valence-corrected chi connectivity index (χ4v) is 3.25. The molecule has 20 heavy (non-hydrogen) atoms. The zero-order valence-corrected chi connectivity index (χ0v) is 12.6. The van der Waals surface area contributed by atoms with Crippen molar-refractivity contribution < 1.29 is 8.42 Å². The average Bonchev–Trinajstić information content (AvgIpc) is 2.37. The zero-order chi connectivity index (χ0) is 14.9. The van der Waals surface area contributed by atoms with E-state index in [9.17, 15) is 13.2 Å². The van der Waals surface area contributed by atoms with E-state index < -0.39 is 15.6 Å². The summed E-state index contributed by atoms with van der Waals surface area (Å²) < 4.78 is 26.8. The lowest BCUT2D eigenvalue weighted by Crippen LogP contribution is -2.16. The van der Waals surface area contributed by atoms with Crippen molar-refractivity contribution in [2.45, 2.75) is 11.8 Å². The van der Waals surface area contributed by atoms with E-state index in [0.717, 1.165) is 12.3 Å². The molecule has 2 aromatic rings. The van der Waals surface area contributed by atoms with Crippen LogP contribution >= 0.6 is 23.2 Å². The van der Waals surface area contributed by atoms with E-state index in [1.807, 2.05) is 0 Å². The highest BCUT2D eigenvalue weighted by Crippen LogP contribution is 2.27. The number of hydrogen-bond donors (Lipinski definition) is 2. The Morgan fingerprint density at radius 1 is 1.20 bits per heavy atom. The molecule has 2 rings (SSSR count). The van der Waals surface area contributed by atoms with Gasteiger partial charge in [0.1, 0.15) is 9.92 Å². The van der Waals surface area contributed by atoms with Gasteiger partial charge < -0.3 is 4.98 Å². The highest BCUT2D eigenvalue weighted by atomic mass is 35.5. The highest BCUT2D eigenvalue weighted by molar-refractivity contribution is 7.92. The first-order valence-electron chi connectivity index (χ1n) is 5.47. The summed E-state index contributed by atoms with van der Waals surface area (Å²) in [4.78, 5) is 13.2. The maximum absolute atomic E-state index is 12.2. The van der Waals surface area contributed by atoms with Crippen LogP contribution in [0.3, 0.4) is 0 Å². The number of sulfonamides is 1. The smallest absolute Gasteiger partial charge is 0.266 e. The minimum Gasteiger partial charge on any atom is -0.326 e. The number of hydrogen-bond acceptors (Lipinski definition) is 3. The third-order valence-electron chi connectivity index (χ3n) is 2.60. The lowest BCUT2D eigenvalue weighted by Gasteiger charge is -2.12. The molecule has 0 atom stereocenters. The molecule has 8 heteroatoms. The summed E-state index contributed by atoms with van der Waals surface area (Å²) in [7, 11) is -3.89. The van der Waals surface area contributed by atoms with Crippen molar-refractivity contribution in [3.05, 3.63) is 56.4 Å². The summed E-state index contributed by atoms with van der Waals surface area (Å²) in [5.74, 6) is 0. The van der Waals surface area contributed by atoms with Crippen LogP contribution in [0.15, 0.2) is 40.2 Å². The number of halogens is 2. The lowest BCUT2D eigenvalue weighted by molar-refractivity contribution is 0.600. The number of nitrogens with one attached hydrogen (secondary N) is 2. The van der Waals surface area contributed by atoms with Gasteiger partial charge in [-0.2, -0.15) is 0 Å². The van der Waals surface area contributed by atoms with Crippen molar-refractivity contribution in [1.82, 2.24) is 4.98 Å². The van der Waals surface area contributed by atoms with Gasteiger partial charge in [0, 0.05) is 6.20 Å². The molecule has 0 aliphatic heterocycles. The second kappa shape index (κ2) is 5.47. The number of aryl methyl sites for hydroxylation is 1. The predicted molar refractivity (Wildman–Crippen MR) is 79.1 cm³/mol. The second-order valence-corrected chi connectivity index (χ2v) is 6.55. The molecule has 0 spiro atoms. The number of H-pyrrole nitrogens is 1. The Kier molecular flexibility index (Phi) is 4.08. The summed E-state index contributed by atoms with van der Waals surface area (Å²) in [5.41, 5.74) is 0.410. The molecular weight excluding hydrogens is 323 g/mol. The molecule has 1 heterocycles. The fraction of sp³-hybridized carbons (Fsp3) is 0.0833. The molecule has 5 nitrogen and oxygen atoms in total. The first-order chi connectivity index (χ1) is 9.31. The molecule has 2 N–H and O–H groups in total. The topological polar surface area (TPSA) is 79.0 Å². The van der Waals surface area contributed by atoms with Crippen LogP contribution < -0.4 is 10.3 Å². The first-order valence-corrected chi connectivity index (χ1v) is 7.71. The normalized spacial score (nSPS) is 11.3. The van der Waals surface area contributed by atoms with E-state index in [-0.39, 0.29) is 20.6 Å². The largest absolute Gasteiger partial charge is 0.326 e. The van der Waals surface area contributed by atoms with Gasteiger partial charge in [0.2, 0.25) is 0 Å². The van der Waals surface area contributed by atoms with Crippen LogP contribution in [-0.4, -0.2) is 13.4 Å². The molecule has 1 aromatic heterocycles. The van der Waals surface area contributed by atoms with Crippen LogP contribution in [0.25, 0.3) is 0 Å². The molecule has 0 radical (unpaired) electrons. The molecule has 0 amide bonds.